The predicted molar refractivity (Wildman–Crippen MR) is 168 cm³/mol. The van der Waals surface area contributed by atoms with Crippen molar-refractivity contribution in [3.05, 3.63) is 82.4 Å². The first-order valence-electron chi connectivity index (χ1n) is 14.2. The molecule has 1 aliphatic heterocycles. The number of nitrogens with zero attached hydrogens (tertiary/aromatic N) is 2. The van der Waals surface area contributed by atoms with Crippen LogP contribution in [-0.4, -0.2) is 54.7 Å². The molecule has 2 heterocycles. The number of hydrogen-bond donors (Lipinski definition) is 1. The van der Waals surface area contributed by atoms with Gasteiger partial charge in [-0.25, -0.2) is 9.78 Å². The highest BCUT2D eigenvalue weighted by atomic mass is 32.1. The summed E-state index contributed by atoms with van der Waals surface area (Å²) >= 11 is 0.922. The zero-order valence-corrected chi connectivity index (χ0v) is 26.2. The van der Waals surface area contributed by atoms with Gasteiger partial charge in [-0.05, 0) is 68.1 Å². The van der Waals surface area contributed by atoms with E-state index in [2.05, 4.69) is 25.4 Å². The number of aromatic nitrogens is 1. The fraction of sp³-hybridized carbons (Fsp3) is 0.333. The molecule has 1 amide bonds. The van der Waals surface area contributed by atoms with E-state index in [1.165, 1.54) is 18.1 Å². The van der Waals surface area contributed by atoms with E-state index in [4.69, 9.17) is 18.9 Å². The molecule has 0 bridgehead atoms. The number of aryl methyl sites for hydroxylation is 1. The Labute approximate surface area is 260 Å². The third-order valence-corrected chi connectivity index (χ3v) is 7.99. The van der Waals surface area contributed by atoms with E-state index in [0.29, 0.717) is 53.2 Å². The molecule has 2 aromatic carbocycles. The Morgan fingerprint density at radius 3 is 2.50 bits per heavy atom. The molecule has 232 valence electrons. The first-order chi connectivity index (χ1) is 21.1. The molecule has 0 saturated carbocycles. The number of thiazole rings is 1. The van der Waals surface area contributed by atoms with E-state index in [0.717, 1.165) is 17.8 Å². The highest BCUT2D eigenvalue weighted by Gasteiger charge is 2.48. The van der Waals surface area contributed by atoms with Crippen LogP contribution in [0.5, 0.6) is 17.2 Å². The minimum Gasteiger partial charge on any atom is -0.507 e. The topological polar surface area (TPSA) is 124 Å². The second-order valence-corrected chi connectivity index (χ2v) is 11.3. The molecule has 1 aromatic heterocycles. The van der Waals surface area contributed by atoms with Crippen LogP contribution >= 0.6 is 11.3 Å². The highest BCUT2D eigenvalue weighted by Crippen LogP contribution is 2.45. The number of rotatable bonds is 13. The van der Waals surface area contributed by atoms with Crippen molar-refractivity contribution < 1.29 is 38.4 Å². The van der Waals surface area contributed by atoms with E-state index in [9.17, 15) is 19.5 Å². The maximum atomic E-state index is 13.7. The zero-order valence-electron chi connectivity index (χ0n) is 25.4. The molecule has 10 nitrogen and oxygen atoms in total. The highest BCUT2D eigenvalue weighted by molar-refractivity contribution is 7.17. The molecule has 0 spiro atoms. The Morgan fingerprint density at radius 1 is 1.14 bits per heavy atom. The standard InChI is InChI=1S/C33H36N2O8S/c1-7-16-43-32(39)30-20(5)34-33(44-30)35-27(22-11-14-24(25(18-22)41-8-2)42-17-15-19(3)4)26(29(37)31(35)38)28(36)21-9-12-23(40-6)13-10-21/h7,9-14,18-19,27,36H,1,8,15-17H2,2-6H3. The number of carbonyl (C=O) groups excluding carboxylic acids is 3. The molecule has 1 saturated heterocycles. The van der Waals surface area contributed by atoms with Crippen LogP contribution in [0.1, 0.15) is 59.7 Å². The number of methoxy groups -OCH3 is 1. The van der Waals surface area contributed by atoms with Gasteiger partial charge in [0.25, 0.3) is 5.78 Å². The molecule has 1 unspecified atom stereocenters. The van der Waals surface area contributed by atoms with Crippen molar-refractivity contribution in [3.63, 3.8) is 0 Å². The average molecular weight is 621 g/mol. The van der Waals surface area contributed by atoms with Crippen LogP contribution in [0, 0.1) is 12.8 Å². The summed E-state index contributed by atoms with van der Waals surface area (Å²) in [6.45, 7) is 12.0. The molecular weight excluding hydrogens is 584 g/mol. The van der Waals surface area contributed by atoms with Crippen LogP contribution in [0.2, 0.25) is 0 Å². The first kappa shape index (κ1) is 32.3. The van der Waals surface area contributed by atoms with Gasteiger partial charge in [-0.1, -0.05) is 43.9 Å². The van der Waals surface area contributed by atoms with Gasteiger partial charge in [0.2, 0.25) is 0 Å². The minimum absolute atomic E-state index is 0.00365. The van der Waals surface area contributed by atoms with E-state index < -0.39 is 23.7 Å². The summed E-state index contributed by atoms with van der Waals surface area (Å²) in [5.74, 6) is -0.854. The largest absolute Gasteiger partial charge is 0.507 e. The summed E-state index contributed by atoms with van der Waals surface area (Å²) in [5, 5.41) is 11.6. The van der Waals surface area contributed by atoms with Crippen LogP contribution in [0.25, 0.3) is 5.76 Å². The summed E-state index contributed by atoms with van der Waals surface area (Å²) in [7, 11) is 1.52. The molecular formula is C33H36N2O8S. The van der Waals surface area contributed by atoms with Crippen LogP contribution in [0.3, 0.4) is 0 Å². The fourth-order valence-electron chi connectivity index (χ4n) is 4.61. The third-order valence-electron chi connectivity index (χ3n) is 6.85. The average Bonchev–Trinajstić information content (AvgIpc) is 3.52. The molecule has 3 aromatic rings. The lowest BCUT2D eigenvalue weighted by atomic mass is 9.95. The van der Waals surface area contributed by atoms with Crippen molar-refractivity contribution in [2.24, 2.45) is 5.92 Å². The number of ether oxygens (including phenoxy) is 4. The molecule has 1 aliphatic rings. The summed E-state index contributed by atoms with van der Waals surface area (Å²) in [6.07, 6.45) is 2.29. The van der Waals surface area contributed by atoms with Crippen LogP contribution in [0.15, 0.2) is 60.7 Å². The maximum Gasteiger partial charge on any atom is 0.350 e. The van der Waals surface area contributed by atoms with Crippen molar-refractivity contribution in [3.8, 4) is 17.2 Å². The number of esters is 1. The maximum absolute atomic E-state index is 13.7. The van der Waals surface area contributed by atoms with E-state index in [-0.39, 0.29) is 27.9 Å². The van der Waals surface area contributed by atoms with Crippen molar-refractivity contribution in [2.45, 2.75) is 40.2 Å². The Kier molecular flexibility index (Phi) is 10.4. The second kappa shape index (κ2) is 14.2. The van der Waals surface area contributed by atoms with Gasteiger partial charge >= 0.3 is 11.9 Å². The normalized spacial score (nSPS) is 15.9. The Balaban J connectivity index is 1.87. The van der Waals surface area contributed by atoms with Gasteiger partial charge in [-0.2, -0.15) is 0 Å². The fourth-order valence-corrected chi connectivity index (χ4v) is 5.60. The number of benzene rings is 2. The smallest absolute Gasteiger partial charge is 0.350 e. The molecule has 0 radical (unpaired) electrons. The molecule has 1 N–H and O–H groups in total. The number of aliphatic hydroxyl groups excluding tert-OH is 1. The lowest BCUT2D eigenvalue weighted by Gasteiger charge is -2.24. The molecule has 1 atom stereocenters. The number of aliphatic hydroxyl groups is 1. The predicted octanol–water partition coefficient (Wildman–Crippen LogP) is 6.25. The third kappa shape index (κ3) is 6.78. The number of amides is 1. The second-order valence-electron chi connectivity index (χ2n) is 10.4. The monoisotopic (exact) mass is 620 g/mol. The van der Waals surface area contributed by atoms with Gasteiger partial charge in [-0.15, -0.1) is 0 Å². The Hall–Kier alpha value is -4.64. The first-order valence-corrected chi connectivity index (χ1v) is 15.0. The van der Waals surface area contributed by atoms with Crippen molar-refractivity contribution in [1.29, 1.82) is 0 Å². The summed E-state index contributed by atoms with van der Waals surface area (Å²) in [6, 6.07) is 10.5. The van der Waals surface area contributed by atoms with Crippen LogP contribution in [0.4, 0.5) is 5.13 Å². The van der Waals surface area contributed by atoms with Gasteiger partial charge in [0, 0.05) is 5.56 Å². The van der Waals surface area contributed by atoms with Gasteiger partial charge in [0.1, 0.15) is 23.0 Å². The van der Waals surface area contributed by atoms with Gasteiger partial charge in [0.15, 0.2) is 16.6 Å². The van der Waals surface area contributed by atoms with Crippen LogP contribution < -0.4 is 19.1 Å². The van der Waals surface area contributed by atoms with Gasteiger partial charge < -0.3 is 24.1 Å². The lowest BCUT2D eigenvalue weighted by molar-refractivity contribution is -0.132. The van der Waals surface area contributed by atoms with Gasteiger partial charge in [-0.3, -0.25) is 14.5 Å². The molecule has 11 heteroatoms. The van der Waals surface area contributed by atoms with Crippen molar-refractivity contribution >= 4 is 39.9 Å². The zero-order chi connectivity index (χ0) is 32.0. The summed E-state index contributed by atoms with van der Waals surface area (Å²) < 4.78 is 22.3. The van der Waals surface area contributed by atoms with E-state index >= 15 is 0 Å². The van der Waals surface area contributed by atoms with Crippen molar-refractivity contribution in [2.75, 3.05) is 31.8 Å². The minimum atomic E-state index is -1.09. The number of hydrogen-bond acceptors (Lipinski definition) is 10. The van der Waals surface area contributed by atoms with Crippen molar-refractivity contribution in [1.82, 2.24) is 4.98 Å². The quantitative estimate of drug-likeness (QED) is 0.0776. The summed E-state index contributed by atoms with van der Waals surface area (Å²) in [4.78, 5) is 45.9. The molecule has 0 aliphatic carbocycles. The molecule has 44 heavy (non-hydrogen) atoms. The Morgan fingerprint density at radius 2 is 1.86 bits per heavy atom. The SMILES string of the molecule is C=CCOC(=O)c1sc(N2C(=O)C(=O)C(=C(O)c3ccc(OC)cc3)C2c2ccc(OCCC(C)C)c(OCC)c2)nc1C. The molecule has 1 fully saturated rings. The number of anilines is 1. The number of Topliss-reactive ketones (excluding diaryl/α,β-unsaturated/α-hetero) is 1. The van der Waals surface area contributed by atoms with E-state index in [1.807, 2.05) is 6.92 Å². The lowest BCUT2D eigenvalue weighted by Crippen LogP contribution is -2.29. The summed E-state index contributed by atoms with van der Waals surface area (Å²) in [5.41, 5.74) is 0.984. The Bertz CT molecular complexity index is 1570. The molecule has 4 rings (SSSR count). The number of carbonyl (C=O) groups is 3. The van der Waals surface area contributed by atoms with E-state index in [1.54, 1.807) is 49.4 Å². The number of ketones is 1. The van der Waals surface area contributed by atoms with Crippen LogP contribution in [-0.2, 0) is 14.3 Å². The van der Waals surface area contributed by atoms with Gasteiger partial charge in [0.05, 0.1) is 37.6 Å².